The van der Waals surface area contributed by atoms with Crippen LogP contribution in [0.5, 0.6) is 5.75 Å². The van der Waals surface area contributed by atoms with Gasteiger partial charge in [0.15, 0.2) is 0 Å². The number of likely N-dealkylation sites (N-methyl/N-ethyl adjacent to an activating group) is 1. The van der Waals surface area contributed by atoms with Gasteiger partial charge in [-0.25, -0.2) is 8.42 Å². The van der Waals surface area contributed by atoms with Gasteiger partial charge < -0.3 is 24.8 Å². The lowest BCUT2D eigenvalue weighted by molar-refractivity contribution is -0.139. The molecule has 0 radical (unpaired) electrons. The summed E-state index contributed by atoms with van der Waals surface area (Å²) < 4.78 is 38.1. The summed E-state index contributed by atoms with van der Waals surface area (Å²) in [6.07, 6.45) is 6.68. The number of amides is 1. The van der Waals surface area contributed by atoms with Crippen LogP contribution in [-0.2, 0) is 19.6 Å². The zero-order valence-corrected chi connectivity index (χ0v) is 21.2. The second-order valence-electron chi connectivity index (χ2n) is 8.77. The van der Waals surface area contributed by atoms with Crippen LogP contribution in [0.1, 0.15) is 24.0 Å². The number of allylic oxidation sites excluding steroid dienone is 2. The summed E-state index contributed by atoms with van der Waals surface area (Å²) >= 11 is 0. The topological polar surface area (TPSA) is 108 Å². The highest BCUT2D eigenvalue weighted by molar-refractivity contribution is 7.89. The summed E-state index contributed by atoms with van der Waals surface area (Å²) in [7, 11) is -0.671. The normalized spacial score (nSPS) is 17.9. The van der Waals surface area contributed by atoms with Crippen LogP contribution in [0.3, 0.4) is 0 Å². The molecule has 9 nitrogen and oxygen atoms in total. The second-order valence-corrected chi connectivity index (χ2v) is 10.8. The Kier molecular flexibility index (Phi) is 8.40. The average molecular weight is 494 g/mol. The molecule has 0 aliphatic carbocycles. The molecule has 2 heterocycles. The highest BCUT2D eigenvalue weighted by Gasteiger charge is 2.37. The Morgan fingerprint density at radius 2 is 1.88 bits per heavy atom. The van der Waals surface area contributed by atoms with Gasteiger partial charge in [0.1, 0.15) is 18.0 Å². The van der Waals surface area contributed by atoms with Gasteiger partial charge in [-0.2, -0.15) is 4.31 Å². The Balaban J connectivity index is 1.47. The fraction of sp³-hybridized carbons (Fsp3) is 0.542. The first kappa shape index (κ1) is 26.2. The van der Waals surface area contributed by atoms with Crippen LogP contribution in [-0.4, -0.2) is 87.8 Å². The zero-order chi connectivity index (χ0) is 24.9. The van der Waals surface area contributed by atoms with Crippen molar-refractivity contribution >= 4 is 15.9 Å². The maximum absolute atomic E-state index is 13.1. The number of carbonyl (C=O) groups excluding carboxylic acids is 1. The van der Waals surface area contributed by atoms with Gasteiger partial charge in [0.25, 0.3) is 0 Å². The van der Waals surface area contributed by atoms with E-state index in [2.05, 4.69) is 5.32 Å². The van der Waals surface area contributed by atoms with Crippen LogP contribution in [0.15, 0.2) is 41.0 Å². The minimum atomic E-state index is -3.71. The van der Waals surface area contributed by atoms with Crippen molar-refractivity contribution in [2.24, 2.45) is 0 Å². The van der Waals surface area contributed by atoms with E-state index in [0.29, 0.717) is 49.4 Å². The molecule has 0 atom stereocenters. The molecular formula is C24H35N3O6S. The van der Waals surface area contributed by atoms with Gasteiger partial charge in [0.05, 0.1) is 18.6 Å². The first-order valence-electron chi connectivity index (χ1n) is 11.4. The Bertz CT molecular complexity index is 1040. The average Bonchev–Trinajstić information content (AvgIpc) is 2.81. The van der Waals surface area contributed by atoms with E-state index in [1.54, 1.807) is 38.0 Å². The highest BCUT2D eigenvalue weighted by Crippen LogP contribution is 2.29. The van der Waals surface area contributed by atoms with Gasteiger partial charge in [0.2, 0.25) is 15.9 Å². The number of ether oxygens (including phenoxy) is 2. The molecule has 2 aliphatic rings. The quantitative estimate of drug-likeness (QED) is 0.500. The molecule has 0 bridgehead atoms. The predicted octanol–water partition coefficient (Wildman–Crippen LogP) is 1.35. The van der Waals surface area contributed by atoms with Crippen molar-refractivity contribution in [3.63, 3.8) is 0 Å². The van der Waals surface area contributed by atoms with E-state index in [1.807, 2.05) is 18.2 Å². The van der Waals surface area contributed by atoms with E-state index in [0.717, 1.165) is 5.70 Å². The fourth-order valence-electron chi connectivity index (χ4n) is 4.33. The number of hydrogen-bond donors (Lipinski definition) is 2. The number of nitrogens with one attached hydrogen (secondary N) is 1. The summed E-state index contributed by atoms with van der Waals surface area (Å²) in [5.41, 5.74) is 1.07. The number of piperidine rings is 1. The number of dihydropyridines is 1. The summed E-state index contributed by atoms with van der Waals surface area (Å²) in [5.74, 6) is 0.443. The maximum Gasteiger partial charge on any atom is 0.248 e. The monoisotopic (exact) mass is 493 g/mol. The molecule has 2 aliphatic heterocycles. The van der Waals surface area contributed by atoms with Crippen LogP contribution in [0, 0.1) is 13.8 Å². The Hall–Kier alpha value is -2.40. The molecule has 10 heteroatoms. The summed E-state index contributed by atoms with van der Waals surface area (Å²) in [6.45, 7) is 5.12. The van der Waals surface area contributed by atoms with E-state index in [4.69, 9.17) is 9.47 Å². The van der Waals surface area contributed by atoms with Crippen molar-refractivity contribution in [2.75, 3.05) is 53.6 Å². The Morgan fingerprint density at radius 1 is 1.24 bits per heavy atom. The molecular weight excluding hydrogens is 458 g/mol. The lowest BCUT2D eigenvalue weighted by atomic mass is 9.87. The lowest BCUT2D eigenvalue weighted by Crippen LogP contribution is -2.51. The van der Waals surface area contributed by atoms with Gasteiger partial charge in [-0.15, -0.1) is 0 Å². The molecule has 1 aromatic rings. The predicted molar refractivity (Wildman–Crippen MR) is 129 cm³/mol. The van der Waals surface area contributed by atoms with Crippen LogP contribution in [0.2, 0.25) is 0 Å². The van der Waals surface area contributed by atoms with Gasteiger partial charge in [-0.05, 0) is 56.0 Å². The van der Waals surface area contributed by atoms with Crippen LogP contribution in [0.4, 0.5) is 0 Å². The minimum Gasteiger partial charge on any atom is -0.497 e. The number of methoxy groups -OCH3 is 1. The molecule has 0 spiro atoms. The highest BCUT2D eigenvalue weighted by atomic mass is 32.2. The number of carbonyl (C=O) groups is 1. The molecule has 1 fully saturated rings. The van der Waals surface area contributed by atoms with Crippen molar-refractivity contribution in [3.05, 3.63) is 47.2 Å². The summed E-state index contributed by atoms with van der Waals surface area (Å²) in [5, 5.41) is 14.1. The third-order valence-electron chi connectivity index (χ3n) is 6.37. The molecule has 0 unspecified atom stereocenters. The zero-order valence-electron chi connectivity index (χ0n) is 20.3. The molecule has 0 saturated carbocycles. The largest absolute Gasteiger partial charge is 0.497 e. The van der Waals surface area contributed by atoms with Crippen LogP contribution in [0.25, 0.3) is 0 Å². The number of nitrogens with zero attached hydrogens (tertiary/aromatic N) is 2. The summed E-state index contributed by atoms with van der Waals surface area (Å²) in [6, 6.07) is 3.39. The number of sulfonamides is 1. The molecule has 188 valence electrons. The van der Waals surface area contributed by atoms with Gasteiger partial charge in [-0.1, -0.05) is 12.2 Å². The Morgan fingerprint density at radius 3 is 2.44 bits per heavy atom. The first-order valence-corrected chi connectivity index (χ1v) is 12.8. The van der Waals surface area contributed by atoms with E-state index in [-0.39, 0.29) is 30.6 Å². The van der Waals surface area contributed by atoms with Crippen molar-refractivity contribution < 1.29 is 27.8 Å². The molecule has 3 rings (SSSR count). The van der Waals surface area contributed by atoms with Crippen LogP contribution >= 0.6 is 0 Å². The van der Waals surface area contributed by atoms with E-state index >= 15 is 0 Å². The van der Waals surface area contributed by atoms with Crippen molar-refractivity contribution in [2.45, 2.75) is 37.2 Å². The lowest BCUT2D eigenvalue weighted by Gasteiger charge is -2.40. The number of hydrogen-bond acceptors (Lipinski definition) is 7. The molecule has 2 N–H and O–H groups in total. The number of benzene rings is 1. The van der Waals surface area contributed by atoms with Gasteiger partial charge in [-0.3, -0.25) is 4.79 Å². The van der Waals surface area contributed by atoms with Gasteiger partial charge in [0, 0.05) is 38.9 Å². The minimum absolute atomic E-state index is 0.0939. The molecule has 1 aromatic carbocycles. The molecule has 1 amide bonds. The van der Waals surface area contributed by atoms with E-state index < -0.39 is 15.6 Å². The number of likely N-dealkylation sites (tertiary alicyclic amines) is 1. The Labute approximate surface area is 202 Å². The maximum atomic E-state index is 13.1. The first-order chi connectivity index (χ1) is 16.1. The third-order valence-corrected chi connectivity index (χ3v) is 8.53. The standard InChI is InChI=1S/C24H35N3O6S/c1-18-15-20(32-4)16-19(2)23(18)34(30,31)26(3)13-14-33-17-22(28)27-11-8-24(29,9-12-27)21-7-5-6-10-25-21/h5-7,15-16,25,29H,8-14,17H2,1-4H3. The van der Waals surface area contributed by atoms with Crippen LogP contribution < -0.4 is 10.1 Å². The number of aliphatic hydroxyl groups is 1. The fourth-order valence-corrected chi connectivity index (χ4v) is 5.89. The van der Waals surface area contributed by atoms with Crippen molar-refractivity contribution in [1.82, 2.24) is 14.5 Å². The van der Waals surface area contributed by atoms with Crippen molar-refractivity contribution in [3.8, 4) is 5.75 Å². The smallest absolute Gasteiger partial charge is 0.248 e. The number of rotatable bonds is 9. The molecule has 34 heavy (non-hydrogen) atoms. The number of aryl methyl sites for hydroxylation is 2. The van der Waals surface area contributed by atoms with E-state index in [9.17, 15) is 18.3 Å². The SMILES string of the molecule is COc1cc(C)c(S(=O)(=O)N(C)CCOCC(=O)N2CCC(O)(C3=CC=CCN3)CC2)c(C)c1. The van der Waals surface area contributed by atoms with Crippen molar-refractivity contribution in [1.29, 1.82) is 0 Å². The second kappa shape index (κ2) is 10.9. The molecule has 0 aromatic heterocycles. The van der Waals surface area contributed by atoms with E-state index in [1.165, 1.54) is 11.4 Å². The van der Waals surface area contributed by atoms with Gasteiger partial charge >= 0.3 is 0 Å². The summed E-state index contributed by atoms with van der Waals surface area (Å²) in [4.78, 5) is 14.5. The molecule has 1 saturated heterocycles. The third kappa shape index (κ3) is 5.80.